The first-order valence-corrected chi connectivity index (χ1v) is 19.0. The first-order chi connectivity index (χ1) is 23.0. The van der Waals surface area contributed by atoms with E-state index in [0.29, 0.717) is 6.04 Å². The van der Waals surface area contributed by atoms with Gasteiger partial charge in [-0.05, 0) is 112 Å². The fraction of sp³-hybridized carbons (Fsp3) is 0.364. The molecule has 1 aromatic heterocycles. The van der Waals surface area contributed by atoms with E-state index in [4.69, 9.17) is 0 Å². The molecule has 5 aromatic rings. The fourth-order valence-corrected chi connectivity index (χ4v) is 10.7. The molecular formula is C44H47BN2S. The molecule has 0 radical (unpaired) electrons. The third kappa shape index (κ3) is 4.58. The molecule has 242 valence electrons. The number of hydrogen-bond acceptors (Lipinski definition) is 3. The van der Waals surface area contributed by atoms with Crippen molar-refractivity contribution >= 4 is 62.2 Å². The number of rotatable bonds is 3. The Morgan fingerprint density at radius 2 is 1.44 bits per heavy atom. The molecule has 4 aromatic carbocycles. The molecule has 2 nitrogen and oxygen atoms in total. The molecule has 2 saturated carbocycles. The third-order valence-electron chi connectivity index (χ3n) is 11.9. The van der Waals surface area contributed by atoms with Crippen LogP contribution in [0, 0.1) is 18.8 Å². The van der Waals surface area contributed by atoms with Gasteiger partial charge < -0.3 is 9.80 Å². The standard InChI is InChI=1S/C44H47BN2S/c1-27-21-38-40-39(22-27)47(37-24-28-13-14-30(37)23-28)36-20-17-32(44(5,6)7)25-35(36)45(40)42-41(34(26-48-42)29-11-9-8-10-12-29)46(38)33-18-15-31(16-19-33)43(2,3)4/h8-12,15-22,25-26,28,30,37H,13-14,23-24H2,1-7H3. The van der Waals surface area contributed by atoms with Crippen LogP contribution in [0.3, 0.4) is 0 Å². The lowest BCUT2D eigenvalue weighted by Crippen LogP contribution is -2.62. The highest BCUT2D eigenvalue weighted by atomic mass is 32.1. The zero-order valence-corrected chi connectivity index (χ0v) is 30.4. The second-order valence-corrected chi connectivity index (χ2v) is 18.1. The Morgan fingerprint density at radius 1 is 0.729 bits per heavy atom. The highest BCUT2D eigenvalue weighted by Crippen LogP contribution is 2.52. The van der Waals surface area contributed by atoms with Crippen LogP contribution in [0.15, 0.2) is 90.3 Å². The number of hydrogen-bond donors (Lipinski definition) is 0. The number of anilines is 5. The van der Waals surface area contributed by atoms with Crippen LogP contribution in [0.25, 0.3) is 11.1 Å². The number of aryl methyl sites for hydroxylation is 1. The molecular weight excluding hydrogens is 599 g/mol. The summed E-state index contributed by atoms with van der Waals surface area (Å²) in [4.78, 5) is 5.46. The van der Waals surface area contributed by atoms with Gasteiger partial charge in [-0.15, -0.1) is 0 Å². The van der Waals surface area contributed by atoms with Crippen LogP contribution in [-0.2, 0) is 10.8 Å². The fourth-order valence-electron chi connectivity index (χ4n) is 9.48. The smallest absolute Gasteiger partial charge is 0.264 e. The third-order valence-corrected chi connectivity index (χ3v) is 13.0. The van der Waals surface area contributed by atoms with Gasteiger partial charge in [0.25, 0.3) is 6.71 Å². The Hall–Kier alpha value is -3.76. The zero-order valence-electron chi connectivity index (χ0n) is 29.6. The van der Waals surface area contributed by atoms with Gasteiger partial charge in [0.1, 0.15) is 0 Å². The van der Waals surface area contributed by atoms with Crippen molar-refractivity contribution in [1.82, 2.24) is 0 Å². The molecule has 0 N–H and O–H groups in total. The van der Waals surface area contributed by atoms with Crippen molar-refractivity contribution in [3.8, 4) is 11.1 Å². The summed E-state index contributed by atoms with van der Waals surface area (Å²) in [5, 5.41) is 2.44. The van der Waals surface area contributed by atoms with Crippen LogP contribution >= 0.6 is 11.3 Å². The molecule has 0 spiro atoms. The van der Waals surface area contributed by atoms with Gasteiger partial charge in [0.2, 0.25) is 0 Å². The van der Waals surface area contributed by atoms with Crippen LogP contribution in [0.4, 0.5) is 28.4 Å². The predicted molar refractivity (Wildman–Crippen MR) is 209 cm³/mol. The van der Waals surface area contributed by atoms with Crippen molar-refractivity contribution in [2.75, 3.05) is 9.80 Å². The molecule has 3 atom stereocenters. The van der Waals surface area contributed by atoms with Gasteiger partial charge in [-0.2, -0.15) is 11.3 Å². The minimum Gasteiger partial charge on any atom is -0.339 e. The second kappa shape index (κ2) is 10.6. The quantitative estimate of drug-likeness (QED) is 0.177. The van der Waals surface area contributed by atoms with E-state index in [2.05, 4.69) is 149 Å². The van der Waals surface area contributed by atoms with Crippen LogP contribution in [-0.4, -0.2) is 12.8 Å². The Balaban J connectivity index is 1.34. The average Bonchev–Trinajstić information content (AvgIpc) is 3.81. The Labute approximate surface area is 291 Å². The molecule has 0 amide bonds. The molecule has 2 aliphatic carbocycles. The summed E-state index contributed by atoms with van der Waals surface area (Å²) in [6.45, 7) is 16.5. The van der Waals surface area contributed by atoms with Crippen LogP contribution in [0.2, 0.25) is 0 Å². The molecule has 0 saturated heterocycles. The summed E-state index contributed by atoms with van der Waals surface area (Å²) < 4.78 is 1.46. The van der Waals surface area contributed by atoms with Crippen molar-refractivity contribution in [2.24, 2.45) is 11.8 Å². The number of nitrogens with zero attached hydrogens (tertiary/aromatic N) is 2. The summed E-state index contributed by atoms with van der Waals surface area (Å²) in [6.07, 6.45) is 5.51. The zero-order chi connectivity index (χ0) is 33.1. The van der Waals surface area contributed by atoms with Crippen LogP contribution in [0.5, 0.6) is 0 Å². The van der Waals surface area contributed by atoms with E-state index in [-0.39, 0.29) is 17.5 Å². The molecule has 4 heteroatoms. The van der Waals surface area contributed by atoms with Gasteiger partial charge in [0.15, 0.2) is 0 Å². The van der Waals surface area contributed by atoms with Crippen molar-refractivity contribution in [1.29, 1.82) is 0 Å². The first-order valence-electron chi connectivity index (χ1n) is 18.1. The van der Waals surface area contributed by atoms with Gasteiger partial charge >= 0.3 is 0 Å². The van der Waals surface area contributed by atoms with E-state index in [1.807, 2.05) is 11.3 Å². The van der Waals surface area contributed by atoms with Gasteiger partial charge in [0.05, 0.1) is 5.69 Å². The minimum absolute atomic E-state index is 0.0751. The van der Waals surface area contributed by atoms with Gasteiger partial charge in [0, 0.05) is 44.5 Å². The van der Waals surface area contributed by atoms with Crippen LogP contribution < -0.4 is 25.5 Å². The largest absolute Gasteiger partial charge is 0.339 e. The molecule has 48 heavy (non-hydrogen) atoms. The van der Waals surface area contributed by atoms with E-state index in [0.717, 1.165) is 11.8 Å². The maximum Gasteiger partial charge on any atom is 0.264 e. The molecule has 2 fully saturated rings. The molecule has 2 bridgehead atoms. The number of fused-ring (bicyclic) bond motifs is 6. The maximum absolute atomic E-state index is 2.84. The summed E-state index contributed by atoms with van der Waals surface area (Å²) in [6, 6.07) is 33.6. The first kappa shape index (κ1) is 30.3. The van der Waals surface area contributed by atoms with Crippen LogP contribution in [0.1, 0.15) is 83.9 Å². The maximum atomic E-state index is 2.84. The van der Waals surface area contributed by atoms with E-state index in [1.165, 1.54) is 97.6 Å². The highest BCUT2D eigenvalue weighted by Gasteiger charge is 2.50. The summed E-state index contributed by atoms with van der Waals surface area (Å²) in [7, 11) is 0. The number of thiophene rings is 1. The molecule has 3 unspecified atom stereocenters. The topological polar surface area (TPSA) is 6.48 Å². The van der Waals surface area contributed by atoms with Crippen molar-refractivity contribution < 1.29 is 0 Å². The average molecular weight is 647 g/mol. The molecule has 9 rings (SSSR count). The minimum atomic E-state index is 0.0751. The predicted octanol–water partition coefficient (Wildman–Crippen LogP) is 10.3. The lowest BCUT2D eigenvalue weighted by atomic mass is 9.36. The van der Waals surface area contributed by atoms with Gasteiger partial charge in [-0.3, -0.25) is 0 Å². The SMILES string of the molecule is Cc1cc2c3c(c1)N(C1CC4CCC1C4)c1ccc(C(C)(C)C)cc1B3c1scc(-c3ccccc3)c1N2c1ccc(C(C)(C)C)cc1. The Bertz CT molecular complexity index is 2050. The lowest BCUT2D eigenvalue weighted by molar-refractivity contribution is 0.413. The van der Waals surface area contributed by atoms with Gasteiger partial charge in [-0.1, -0.05) is 103 Å². The number of benzene rings is 4. The van der Waals surface area contributed by atoms with E-state index in [9.17, 15) is 0 Å². The van der Waals surface area contributed by atoms with Crippen molar-refractivity contribution in [2.45, 2.75) is 91.0 Å². The molecule has 2 aliphatic heterocycles. The Morgan fingerprint density at radius 3 is 2.10 bits per heavy atom. The normalized spacial score (nSPS) is 21.0. The van der Waals surface area contributed by atoms with Crippen molar-refractivity contribution in [3.63, 3.8) is 0 Å². The highest BCUT2D eigenvalue weighted by molar-refractivity contribution is 7.28. The summed E-state index contributed by atoms with van der Waals surface area (Å²) in [5.41, 5.74) is 16.7. The lowest BCUT2D eigenvalue weighted by Gasteiger charge is -2.47. The van der Waals surface area contributed by atoms with E-state index >= 15 is 0 Å². The second-order valence-electron chi connectivity index (χ2n) is 17.1. The van der Waals surface area contributed by atoms with E-state index in [1.54, 1.807) is 0 Å². The van der Waals surface area contributed by atoms with Crippen molar-refractivity contribution in [3.05, 3.63) is 107 Å². The van der Waals surface area contributed by atoms with E-state index < -0.39 is 0 Å². The molecule has 3 heterocycles. The summed E-state index contributed by atoms with van der Waals surface area (Å²) in [5.74, 6) is 1.66. The Kier molecular flexibility index (Phi) is 6.71. The summed E-state index contributed by atoms with van der Waals surface area (Å²) >= 11 is 1.96. The van der Waals surface area contributed by atoms with Gasteiger partial charge in [-0.25, -0.2) is 0 Å². The monoisotopic (exact) mass is 646 g/mol. The molecule has 4 aliphatic rings.